The van der Waals surface area contributed by atoms with Crippen molar-refractivity contribution in [2.75, 3.05) is 39.6 Å². The van der Waals surface area contributed by atoms with Crippen molar-refractivity contribution in [2.24, 2.45) is 41.4 Å². The van der Waals surface area contributed by atoms with Crippen molar-refractivity contribution in [1.29, 1.82) is 0 Å². The molecule has 0 amide bonds. The zero-order chi connectivity index (χ0) is 70.9. The monoisotopic (exact) mass is 1380 g/mol. The van der Waals surface area contributed by atoms with Crippen molar-refractivity contribution >= 4 is 50.4 Å². The molecule has 10 bridgehead atoms. The third kappa shape index (κ3) is 17.5. The second-order valence-corrected chi connectivity index (χ2v) is 29.6. The zero-order valence-corrected chi connectivity index (χ0v) is 63.3. The van der Waals surface area contributed by atoms with Crippen LogP contribution in [0.5, 0.6) is 34.5 Å². The van der Waals surface area contributed by atoms with Crippen molar-refractivity contribution < 1.29 is 38.0 Å². The Hall–Kier alpha value is -7.33. The van der Waals surface area contributed by atoms with Crippen molar-refractivity contribution in [3.63, 3.8) is 0 Å². The number of benzene rings is 4. The first-order chi connectivity index (χ1) is 49.4. The molecule has 4 aromatic carbocycles. The minimum absolute atomic E-state index is 0.227. The van der Waals surface area contributed by atoms with Gasteiger partial charge in [-0.3, -0.25) is 0 Å². The lowest BCUT2D eigenvalue weighted by Crippen LogP contribution is -2.14. The van der Waals surface area contributed by atoms with Crippen molar-refractivity contribution in [1.82, 2.24) is 39.9 Å². The smallest absolute Gasteiger partial charge is 0.164 e. The molecular weight excluding hydrogens is 1260 g/mol. The number of ether oxygens (including phenoxy) is 7. The van der Waals surface area contributed by atoms with Crippen LogP contribution >= 0.6 is 0 Å². The van der Waals surface area contributed by atoms with E-state index in [1.807, 2.05) is 0 Å². The van der Waals surface area contributed by atoms with Crippen molar-refractivity contribution in [3.8, 4) is 80.0 Å². The van der Waals surface area contributed by atoms with Crippen LogP contribution in [0.1, 0.15) is 267 Å². The largest absolute Gasteiger partial charge is 0.489 e. The summed E-state index contributed by atoms with van der Waals surface area (Å²) in [5, 5.41) is 3.22. The van der Waals surface area contributed by atoms with Crippen LogP contribution in [0.15, 0.2) is 48.5 Å². The summed E-state index contributed by atoms with van der Waals surface area (Å²) in [5.41, 5.74) is 7.23. The summed E-state index contributed by atoms with van der Waals surface area (Å²) in [4.78, 5) is 53.8. The molecule has 7 aromatic rings. The minimum Gasteiger partial charge on any atom is -0.489 e. The SMILES string of the molecule is CCCCC(CC)COc1cc2c(cc1OCC(CC)CCCC)-c1nc-2nc2[nH]c(nc3nc(nc4[nH]c(n1)c1cc5c(cc41)C1OC5CC1C=O)-c1cc(OCC(CC)CCCC)c(OCC(CC)CCCC)cc1-3)c1cc(OCC(CC)CCCC)c(OCC(CC)CCCC)cc21. The number of hydrogen-bond acceptors (Lipinski definition) is 14. The number of aromatic nitrogens is 8. The van der Waals surface area contributed by atoms with Gasteiger partial charge in [0.2, 0.25) is 0 Å². The molecule has 11 rings (SSSR count). The Kier molecular flexibility index (Phi) is 26.8. The molecule has 0 saturated carbocycles. The van der Waals surface area contributed by atoms with E-state index in [1.165, 1.54) is 0 Å². The third-order valence-electron chi connectivity index (χ3n) is 22.3. The fourth-order valence-electron chi connectivity index (χ4n) is 15.1. The molecule has 4 aliphatic heterocycles. The van der Waals surface area contributed by atoms with Gasteiger partial charge in [0, 0.05) is 49.7 Å². The van der Waals surface area contributed by atoms with Crippen molar-refractivity contribution in [2.45, 2.75) is 256 Å². The molecule has 7 heterocycles. The summed E-state index contributed by atoms with van der Waals surface area (Å²) < 4.78 is 48.8. The maximum Gasteiger partial charge on any atom is 0.164 e. The van der Waals surface area contributed by atoms with E-state index in [1.54, 1.807) is 0 Å². The quantitative estimate of drug-likeness (QED) is 0.0343. The van der Waals surface area contributed by atoms with Gasteiger partial charge in [0.05, 0.1) is 51.8 Å². The summed E-state index contributed by atoms with van der Waals surface area (Å²) >= 11 is 0. The van der Waals surface area contributed by atoms with Gasteiger partial charge >= 0.3 is 0 Å². The summed E-state index contributed by atoms with van der Waals surface area (Å²) in [6, 6.07) is 16.9. The van der Waals surface area contributed by atoms with Gasteiger partial charge in [-0.15, -0.1) is 0 Å². The Morgan fingerprint density at radius 1 is 0.366 bits per heavy atom. The van der Waals surface area contributed by atoms with E-state index in [0.29, 0.717) is 162 Å². The van der Waals surface area contributed by atoms with Crippen LogP contribution in [0.3, 0.4) is 0 Å². The normalized spacial score (nSPS) is 16.9. The average Bonchev–Trinajstić information content (AvgIpc) is 1.58. The van der Waals surface area contributed by atoms with Gasteiger partial charge in [-0.2, -0.15) is 0 Å². The summed E-state index contributed by atoms with van der Waals surface area (Å²) in [6.07, 6.45) is 27.1. The topological polar surface area (TPSA) is 191 Å². The zero-order valence-electron chi connectivity index (χ0n) is 63.3. The van der Waals surface area contributed by atoms with Gasteiger partial charge in [0.25, 0.3) is 0 Å². The molecule has 9 atom stereocenters. The van der Waals surface area contributed by atoms with E-state index < -0.39 is 0 Å². The van der Waals surface area contributed by atoms with Crippen LogP contribution in [-0.4, -0.2) is 85.8 Å². The maximum atomic E-state index is 12.7. The fourth-order valence-corrected chi connectivity index (χ4v) is 15.1. The van der Waals surface area contributed by atoms with Gasteiger partial charge in [-0.1, -0.05) is 199 Å². The summed E-state index contributed by atoms with van der Waals surface area (Å²) in [6.45, 7) is 30.3. The van der Waals surface area contributed by atoms with Gasteiger partial charge in [-0.25, -0.2) is 29.9 Å². The first-order valence-electron chi connectivity index (χ1n) is 39.9. The Bertz CT molecular complexity index is 4070. The van der Waals surface area contributed by atoms with E-state index >= 15 is 0 Å². The highest BCUT2D eigenvalue weighted by atomic mass is 16.5. The lowest BCUT2D eigenvalue weighted by Gasteiger charge is -2.21. The van der Waals surface area contributed by atoms with Gasteiger partial charge in [-0.05, 0) is 140 Å². The number of aldehydes is 1. The average molecular weight is 1380 g/mol. The molecule has 16 heteroatoms. The molecule has 101 heavy (non-hydrogen) atoms. The lowest BCUT2D eigenvalue weighted by molar-refractivity contribution is -0.112. The highest BCUT2D eigenvalue weighted by Gasteiger charge is 2.45. The van der Waals surface area contributed by atoms with Crippen molar-refractivity contribution in [3.05, 3.63) is 59.7 Å². The maximum absolute atomic E-state index is 12.7. The highest BCUT2D eigenvalue weighted by molar-refractivity contribution is 6.08. The minimum atomic E-state index is -0.364. The molecule has 1 fully saturated rings. The Morgan fingerprint density at radius 3 is 0.881 bits per heavy atom. The molecule has 9 unspecified atom stereocenters. The number of rotatable bonds is 43. The number of nitrogens with zero attached hydrogens (tertiary/aromatic N) is 6. The Morgan fingerprint density at radius 2 is 0.624 bits per heavy atom. The molecule has 2 N–H and O–H groups in total. The van der Waals surface area contributed by atoms with Crippen LogP contribution in [0.2, 0.25) is 0 Å². The van der Waals surface area contributed by atoms with E-state index in [9.17, 15) is 4.79 Å². The van der Waals surface area contributed by atoms with E-state index in [0.717, 1.165) is 215 Å². The number of H-pyrrole nitrogens is 2. The van der Waals surface area contributed by atoms with Crippen LogP contribution < -0.4 is 28.4 Å². The van der Waals surface area contributed by atoms with E-state index in [4.69, 9.17) is 63.1 Å². The number of fused-ring (bicyclic) bond motifs is 25. The van der Waals surface area contributed by atoms with Crippen LogP contribution in [0.25, 0.3) is 89.7 Å². The predicted molar refractivity (Wildman–Crippen MR) is 410 cm³/mol. The number of hydrogen-bond donors (Lipinski definition) is 2. The number of carbonyl (C=O) groups excluding carboxylic acids is 1. The number of nitrogens with one attached hydrogen (secondary N) is 2. The Labute approximate surface area is 601 Å². The molecule has 0 aliphatic carbocycles. The van der Waals surface area contributed by atoms with E-state index in [-0.39, 0.29) is 18.1 Å². The fraction of sp³-hybridized carbons (Fsp3) is 0.612. The summed E-state index contributed by atoms with van der Waals surface area (Å²) in [7, 11) is 0. The second kappa shape index (κ2) is 36.2. The molecule has 1 saturated heterocycles. The summed E-state index contributed by atoms with van der Waals surface area (Å²) in [5.74, 6) is 7.67. The van der Waals surface area contributed by atoms with Gasteiger partial charge < -0.3 is 47.9 Å². The van der Waals surface area contributed by atoms with Gasteiger partial charge in [0.1, 0.15) is 28.9 Å². The molecule has 546 valence electrons. The number of carbonyl (C=O) groups is 1. The Balaban J connectivity index is 1.22. The van der Waals surface area contributed by atoms with E-state index in [2.05, 4.69) is 142 Å². The third-order valence-corrected chi connectivity index (χ3v) is 22.3. The lowest BCUT2D eigenvalue weighted by atomic mass is 9.84. The molecule has 16 nitrogen and oxygen atoms in total. The van der Waals surface area contributed by atoms with Gasteiger partial charge in [0.15, 0.2) is 57.8 Å². The first-order valence-corrected chi connectivity index (χ1v) is 39.9. The second-order valence-electron chi connectivity index (χ2n) is 29.6. The van der Waals surface area contributed by atoms with Crippen LogP contribution in [-0.2, 0) is 9.53 Å². The number of unbranched alkanes of at least 4 members (excludes halogenated alkanes) is 6. The first kappa shape index (κ1) is 74.8. The molecule has 3 aromatic heterocycles. The predicted octanol–water partition coefficient (Wildman–Crippen LogP) is 22.8. The molecule has 4 aliphatic rings. The van der Waals surface area contributed by atoms with Crippen LogP contribution in [0, 0.1) is 41.4 Å². The molecular formula is C85H118N8O8. The highest BCUT2D eigenvalue weighted by Crippen LogP contribution is 2.55. The molecule has 0 radical (unpaired) electrons. The number of aromatic amines is 2. The standard InChI is InChI=1S/C85H118N8O8/c1-13-25-31-53(19-7)47-95-71-40-64-66(42-73(71)97-49-55(21-9)33-27-15-3)82-89-80(64)87-78-62-38-60-61(77-59(46-94)37-70(60)101-77)39-63(62)79(86-78)88-81-65-41-72(96-48-54(20-8)32-26-14-2)74(98-50-56(22-10)34-28-16-4)43-67(65)83(90-81)92-85-69-45-76(100-52-58(24-12)36-30-18-6)75(44-68(69)84(91-82)93-85)99-51-57(23-11)35-29-17-5/h38-46,53-59,70,77H,13-37,47-52H2,1-12H3,(H2,86,87,88,89,90,91,92,93). The molecule has 0 spiro atoms. The van der Waals surface area contributed by atoms with Crippen LogP contribution in [0.4, 0.5) is 0 Å².